The van der Waals surface area contributed by atoms with Crippen LogP contribution < -0.4 is 5.32 Å². The molecule has 76 valence electrons. The first-order valence-electron chi connectivity index (χ1n) is 6.18. The molecule has 0 unspecified atom stereocenters. The monoisotopic (exact) mass is 181 g/mol. The molecular formula is C12H23N. The lowest BCUT2D eigenvalue weighted by Crippen LogP contribution is -2.25. The number of nitrogens with one attached hydrogen (secondary N) is 1. The van der Waals surface area contributed by atoms with Crippen molar-refractivity contribution in [3.63, 3.8) is 0 Å². The van der Waals surface area contributed by atoms with E-state index in [1.165, 1.54) is 64.3 Å². The summed E-state index contributed by atoms with van der Waals surface area (Å²) >= 11 is 0. The lowest BCUT2D eigenvalue weighted by Gasteiger charge is -2.19. The van der Waals surface area contributed by atoms with Crippen molar-refractivity contribution in [1.82, 2.24) is 5.32 Å². The van der Waals surface area contributed by atoms with Crippen LogP contribution in [0.3, 0.4) is 0 Å². The van der Waals surface area contributed by atoms with E-state index in [2.05, 4.69) is 5.32 Å². The second-order valence-corrected chi connectivity index (χ2v) is 4.89. The quantitative estimate of drug-likeness (QED) is 0.705. The van der Waals surface area contributed by atoms with Crippen LogP contribution in [0.1, 0.15) is 57.8 Å². The first kappa shape index (κ1) is 9.51. The maximum atomic E-state index is 3.67. The molecule has 0 aromatic heterocycles. The SMILES string of the molecule is C1CCCC(CNC2CC2)CCC1. The molecule has 1 N–H and O–H groups in total. The Balaban J connectivity index is 1.62. The zero-order valence-corrected chi connectivity index (χ0v) is 8.73. The van der Waals surface area contributed by atoms with E-state index >= 15 is 0 Å². The molecule has 2 aliphatic carbocycles. The normalized spacial score (nSPS) is 26.8. The van der Waals surface area contributed by atoms with E-state index in [0.717, 1.165) is 12.0 Å². The van der Waals surface area contributed by atoms with Gasteiger partial charge in [0.1, 0.15) is 0 Å². The van der Waals surface area contributed by atoms with Gasteiger partial charge in [-0.3, -0.25) is 0 Å². The summed E-state index contributed by atoms with van der Waals surface area (Å²) in [6, 6.07) is 0.908. The van der Waals surface area contributed by atoms with Crippen molar-refractivity contribution in [2.75, 3.05) is 6.54 Å². The summed E-state index contributed by atoms with van der Waals surface area (Å²) in [6.45, 7) is 1.31. The van der Waals surface area contributed by atoms with Crippen LogP contribution in [0.4, 0.5) is 0 Å². The van der Waals surface area contributed by atoms with E-state index in [4.69, 9.17) is 0 Å². The zero-order valence-electron chi connectivity index (χ0n) is 8.73. The van der Waals surface area contributed by atoms with Crippen LogP contribution in [0, 0.1) is 5.92 Å². The van der Waals surface area contributed by atoms with Crippen LogP contribution in [0.25, 0.3) is 0 Å². The van der Waals surface area contributed by atoms with Gasteiger partial charge >= 0.3 is 0 Å². The lowest BCUT2D eigenvalue weighted by molar-refractivity contribution is 0.360. The predicted octanol–water partition coefficient (Wildman–Crippen LogP) is 3.10. The zero-order chi connectivity index (χ0) is 8.93. The van der Waals surface area contributed by atoms with Gasteiger partial charge in [-0.1, -0.05) is 32.1 Å². The summed E-state index contributed by atoms with van der Waals surface area (Å²) in [6.07, 6.45) is 13.3. The Morgan fingerprint density at radius 2 is 1.38 bits per heavy atom. The highest BCUT2D eigenvalue weighted by atomic mass is 14.9. The fourth-order valence-corrected chi connectivity index (χ4v) is 2.37. The molecule has 1 heteroatoms. The smallest absolute Gasteiger partial charge is 0.00683 e. The topological polar surface area (TPSA) is 12.0 Å². The van der Waals surface area contributed by atoms with Gasteiger partial charge < -0.3 is 5.32 Å². The van der Waals surface area contributed by atoms with Crippen LogP contribution >= 0.6 is 0 Å². The Morgan fingerprint density at radius 3 is 2.00 bits per heavy atom. The summed E-state index contributed by atoms with van der Waals surface area (Å²) < 4.78 is 0. The summed E-state index contributed by atoms with van der Waals surface area (Å²) in [4.78, 5) is 0. The highest BCUT2D eigenvalue weighted by molar-refractivity contribution is 4.82. The minimum Gasteiger partial charge on any atom is -0.314 e. The Kier molecular flexibility index (Phi) is 3.65. The highest BCUT2D eigenvalue weighted by Gasteiger charge is 2.21. The van der Waals surface area contributed by atoms with Crippen molar-refractivity contribution in [3.05, 3.63) is 0 Å². The van der Waals surface area contributed by atoms with Crippen LogP contribution in [0.5, 0.6) is 0 Å². The van der Waals surface area contributed by atoms with E-state index in [-0.39, 0.29) is 0 Å². The van der Waals surface area contributed by atoms with Crippen LogP contribution in [-0.4, -0.2) is 12.6 Å². The summed E-state index contributed by atoms with van der Waals surface area (Å²) in [5.74, 6) is 1.00. The molecule has 2 saturated carbocycles. The first-order valence-corrected chi connectivity index (χ1v) is 6.18. The standard InChI is InChI=1S/C12H23N/c1-2-4-6-11(7-5-3-1)10-13-12-8-9-12/h11-13H,1-10H2. The minimum atomic E-state index is 0.908. The molecule has 0 atom stereocenters. The van der Waals surface area contributed by atoms with Gasteiger partial charge in [-0.15, -0.1) is 0 Å². The van der Waals surface area contributed by atoms with Gasteiger partial charge in [0.25, 0.3) is 0 Å². The highest BCUT2D eigenvalue weighted by Crippen LogP contribution is 2.24. The number of hydrogen-bond acceptors (Lipinski definition) is 1. The van der Waals surface area contributed by atoms with Crippen LogP contribution in [0.2, 0.25) is 0 Å². The fourth-order valence-electron chi connectivity index (χ4n) is 2.37. The molecule has 1 nitrogen and oxygen atoms in total. The van der Waals surface area contributed by atoms with E-state index in [9.17, 15) is 0 Å². The molecule has 2 rings (SSSR count). The Bertz CT molecular complexity index is 132. The minimum absolute atomic E-state index is 0.908. The first-order chi connectivity index (χ1) is 6.45. The second kappa shape index (κ2) is 4.99. The van der Waals surface area contributed by atoms with Gasteiger partial charge in [0, 0.05) is 6.04 Å². The van der Waals surface area contributed by atoms with Crippen molar-refractivity contribution < 1.29 is 0 Å². The molecule has 0 bridgehead atoms. The van der Waals surface area contributed by atoms with Gasteiger partial charge in [-0.05, 0) is 38.1 Å². The molecule has 0 amide bonds. The maximum Gasteiger partial charge on any atom is 0.00683 e. The molecular weight excluding hydrogens is 158 g/mol. The molecule has 0 aromatic rings. The Hall–Kier alpha value is -0.0400. The molecule has 0 radical (unpaired) electrons. The van der Waals surface area contributed by atoms with Gasteiger partial charge in [0.2, 0.25) is 0 Å². The third-order valence-electron chi connectivity index (χ3n) is 3.50. The van der Waals surface area contributed by atoms with Gasteiger partial charge in [-0.2, -0.15) is 0 Å². The number of hydrogen-bond donors (Lipinski definition) is 1. The van der Waals surface area contributed by atoms with E-state index in [1.54, 1.807) is 0 Å². The van der Waals surface area contributed by atoms with Crippen LogP contribution in [0.15, 0.2) is 0 Å². The molecule has 0 heterocycles. The Morgan fingerprint density at radius 1 is 0.769 bits per heavy atom. The van der Waals surface area contributed by atoms with Crippen molar-refractivity contribution in [2.45, 2.75) is 63.8 Å². The molecule has 2 aliphatic rings. The predicted molar refractivity (Wildman–Crippen MR) is 56.8 cm³/mol. The van der Waals surface area contributed by atoms with Gasteiger partial charge in [0.15, 0.2) is 0 Å². The fraction of sp³-hybridized carbons (Fsp3) is 1.00. The van der Waals surface area contributed by atoms with Crippen molar-refractivity contribution >= 4 is 0 Å². The van der Waals surface area contributed by atoms with Crippen molar-refractivity contribution in [2.24, 2.45) is 5.92 Å². The summed E-state index contributed by atoms with van der Waals surface area (Å²) in [5, 5.41) is 3.67. The average Bonchev–Trinajstić information content (AvgIpc) is 2.85. The van der Waals surface area contributed by atoms with Gasteiger partial charge in [0.05, 0.1) is 0 Å². The molecule has 13 heavy (non-hydrogen) atoms. The van der Waals surface area contributed by atoms with E-state index in [0.29, 0.717) is 0 Å². The molecule has 2 fully saturated rings. The maximum absolute atomic E-state index is 3.67. The Labute approximate surface area is 82.3 Å². The average molecular weight is 181 g/mol. The molecule has 0 spiro atoms. The van der Waals surface area contributed by atoms with Crippen molar-refractivity contribution in [1.29, 1.82) is 0 Å². The summed E-state index contributed by atoms with van der Waals surface area (Å²) in [5.41, 5.74) is 0. The second-order valence-electron chi connectivity index (χ2n) is 4.89. The van der Waals surface area contributed by atoms with E-state index < -0.39 is 0 Å². The van der Waals surface area contributed by atoms with E-state index in [1.807, 2.05) is 0 Å². The largest absolute Gasteiger partial charge is 0.314 e. The van der Waals surface area contributed by atoms with Crippen molar-refractivity contribution in [3.8, 4) is 0 Å². The third kappa shape index (κ3) is 3.68. The molecule has 0 saturated heterocycles. The number of rotatable bonds is 3. The van der Waals surface area contributed by atoms with Crippen LogP contribution in [-0.2, 0) is 0 Å². The van der Waals surface area contributed by atoms with Gasteiger partial charge in [-0.25, -0.2) is 0 Å². The molecule has 0 aliphatic heterocycles. The summed E-state index contributed by atoms with van der Waals surface area (Å²) in [7, 11) is 0. The molecule has 0 aromatic carbocycles. The third-order valence-corrected chi connectivity index (χ3v) is 3.50. The lowest BCUT2D eigenvalue weighted by atomic mass is 9.91.